The van der Waals surface area contributed by atoms with Gasteiger partial charge in [0.25, 0.3) is 0 Å². The number of carboxylic acids is 1. The SMILES string of the molecule is CCC[C@@H]1[C@@H](Sc2ccc(C)cc2)[C@@H](C(=O)O)[C@H](c2cccc(F)c2)N1S(=O)(=O)c1ccc(C)cc1. The minimum Gasteiger partial charge on any atom is -0.481 e. The standard InChI is InChI=1S/C28H30FNO4S2/c1-4-6-24-27(35-22-13-9-18(2)10-14-22)25(28(31)32)26(20-7-5-8-21(29)17-20)30(24)36(33,34)23-15-11-19(3)12-16-23/h5,7-17,24-27H,4,6H2,1-3H3,(H,31,32)/t24-,25+,26+,27-/m1/s1. The second-order valence-corrected chi connectivity index (χ2v) is 12.4. The molecule has 4 atom stereocenters. The molecule has 0 spiro atoms. The van der Waals surface area contributed by atoms with Crippen molar-refractivity contribution in [3.05, 3.63) is 95.3 Å². The molecule has 1 heterocycles. The van der Waals surface area contributed by atoms with Gasteiger partial charge < -0.3 is 5.11 Å². The summed E-state index contributed by atoms with van der Waals surface area (Å²) in [6.07, 6.45) is 1.14. The third-order valence-corrected chi connectivity index (χ3v) is 9.97. The van der Waals surface area contributed by atoms with Crippen LogP contribution in [-0.2, 0) is 14.8 Å². The second kappa shape index (κ2) is 10.7. The van der Waals surface area contributed by atoms with E-state index in [0.717, 1.165) is 16.0 Å². The molecule has 190 valence electrons. The third-order valence-electron chi connectivity index (χ3n) is 6.62. The number of aryl methyl sites for hydroxylation is 2. The van der Waals surface area contributed by atoms with Crippen molar-refractivity contribution in [2.24, 2.45) is 5.92 Å². The molecule has 3 aromatic carbocycles. The summed E-state index contributed by atoms with van der Waals surface area (Å²) in [5.74, 6) is -2.71. The summed E-state index contributed by atoms with van der Waals surface area (Å²) in [6, 6.07) is 18.3. The maximum Gasteiger partial charge on any atom is 0.309 e. The van der Waals surface area contributed by atoms with Crippen LogP contribution in [0.25, 0.3) is 0 Å². The molecule has 1 aliphatic rings. The minimum absolute atomic E-state index is 0.0979. The Morgan fingerprint density at radius 1 is 1.00 bits per heavy atom. The molecule has 0 unspecified atom stereocenters. The molecule has 0 radical (unpaired) electrons. The van der Waals surface area contributed by atoms with E-state index in [2.05, 4.69) is 0 Å². The molecule has 0 bridgehead atoms. The molecule has 1 fully saturated rings. The molecule has 0 aromatic heterocycles. The van der Waals surface area contributed by atoms with Crippen molar-refractivity contribution in [1.29, 1.82) is 0 Å². The van der Waals surface area contributed by atoms with Crippen molar-refractivity contribution in [2.75, 3.05) is 0 Å². The number of hydrogen-bond acceptors (Lipinski definition) is 4. The van der Waals surface area contributed by atoms with Gasteiger partial charge >= 0.3 is 5.97 Å². The molecule has 0 amide bonds. The van der Waals surface area contributed by atoms with Gasteiger partial charge in [0.2, 0.25) is 10.0 Å². The van der Waals surface area contributed by atoms with Gasteiger partial charge in [0.1, 0.15) is 5.82 Å². The van der Waals surface area contributed by atoms with E-state index in [1.165, 1.54) is 34.3 Å². The molecule has 36 heavy (non-hydrogen) atoms. The Labute approximate surface area is 216 Å². The summed E-state index contributed by atoms with van der Waals surface area (Å²) < 4.78 is 44.0. The zero-order valence-corrected chi connectivity index (χ0v) is 22.1. The van der Waals surface area contributed by atoms with Crippen molar-refractivity contribution in [1.82, 2.24) is 4.31 Å². The summed E-state index contributed by atoms with van der Waals surface area (Å²) in [5.41, 5.74) is 2.33. The Bertz CT molecular complexity index is 1330. The number of carbonyl (C=O) groups is 1. The molecule has 4 rings (SSSR count). The van der Waals surface area contributed by atoms with Crippen molar-refractivity contribution in [3.8, 4) is 0 Å². The van der Waals surface area contributed by atoms with Gasteiger partial charge in [0.15, 0.2) is 0 Å². The highest BCUT2D eigenvalue weighted by Crippen LogP contribution is 2.51. The van der Waals surface area contributed by atoms with E-state index >= 15 is 0 Å². The quantitative estimate of drug-likeness (QED) is 0.377. The van der Waals surface area contributed by atoms with E-state index in [1.54, 1.807) is 30.3 Å². The Hall–Kier alpha value is -2.68. The van der Waals surface area contributed by atoms with Gasteiger partial charge in [0, 0.05) is 16.2 Å². The molecule has 0 saturated carbocycles. The molecule has 1 saturated heterocycles. The maximum atomic E-state index is 14.3. The number of nitrogens with zero attached hydrogens (tertiary/aromatic N) is 1. The van der Waals surface area contributed by atoms with Crippen molar-refractivity contribution < 1.29 is 22.7 Å². The van der Waals surface area contributed by atoms with Gasteiger partial charge in [-0.05, 0) is 62.2 Å². The largest absolute Gasteiger partial charge is 0.481 e. The number of rotatable bonds is 8. The molecular formula is C28H30FNO4S2. The fraction of sp³-hybridized carbons (Fsp3) is 0.321. The Balaban J connectivity index is 1.91. The second-order valence-electron chi connectivity index (χ2n) is 9.26. The number of thioether (sulfide) groups is 1. The van der Waals surface area contributed by atoms with Crippen LogP contribution < -0.4 is 0 Å². The average molecular weight is 528 g/mol. The fourth-order valence-electron chi connectivity index (χ4n) is 4.92. The van der Waals surface area contributed by atoms with Crippen LogP contribution in [0.2, 0.25) is 0 Å². The van der Waals surface area contributed by atoms with Crippen molar-refractivity contribution >= 4 is 27.8 Å². The smallest absolute Gasteiger partial charge is 0.309 e. The van der Waals surface area contributed by atoms with Crippen LogP contribution >= 0.6 is 11.8 Å². The van der Waals surface area contributed by atoms with Crippen LogP contribution in [0, 0.1) is 25.6 Å². The van der Waals surface area contributed by atoms with E-state index in [4.69, 9.17) is 0 Å². The number of sulfonamides is 1. The van der Waals surface area contributed by atoms with E-state index in [-0.39, 0.29) is 4.90 Å². The summed E-state index contributed by atoms with van der Waals surface area (Å²) in [6.45, 7) is 5.80. The Morgan fingerprint density at radius 3 is 2.17 bits per heavy atom. The zero-order valence-electron chi connectivity index (χ0n) is 20.5. The van der Waals surface area contributed by atoms with Crippen LogP contribution in [0.4, 0.5) is 4.39 Å². The molecule has 3 aromatic rings. The third kappa shape index (κ3) is 5.21. The minimum atomic E-state index is -4.10. The number of aliphatic carboxylic acids is 1. The molecule has 1 N–H and O–H groups in total. The van der Waals surface area contributed by atoms with Gasteiger partial charge in [-0.15, -0.1) is 11.8 Å². The predicted molar refractivity (Wildman–Crippen MR) is 140 cm³/mol. The summed E-state index contributed by atoms with van der Waals surface area (Å²) in [5, 5.41) is 9.88. The number of halogens is 1. The lowest BCUT2D eigenvalue weighted by molar-refractivity contribution is -0.142. The maximum absolute atomic E-state index is 14.3. The lowest BCUT2D eigenvalue weighted by Gasteiger charge is -2.31. The fourth-order valence-corrected chi connectivity index (χ4v) is 8.31. The predicted octanol–water partition coefficient (Wildman–Crippen LogP) is 6.22. The van der Waals surface area contributed by atoms with Crippen molar-refractivity contribution in [2.45, 2.75) is 60.7 Å². The first-order valence-electron chi connectivity index (χ1n) is 11.9. The van der Waals surface area contributed by atoms with Gasteiger partial charge in [-0.1, -0.05) is 60.9 Å². The normalized spacial score (nSPS) is 22.6. The van der Waals surface area contributed by atoms with Crippen molar-refractivity contribution in [3.63, 3.8) is 0 Å². The van der Waals surface area contributed by atoms with Crippen LogP contribution in [0.1, 0.15) is 42.5 Å². The van der Waals surface area contributed by atoms with Gasteiger partial charge in [-0.2, -0.15) is 4.31 Å². The van der Waals surface area contributed by atoms with E-state index in [1.807, 2.05) is 45.0 Å². The van der Waals surface area contributed by atoms with E-state index in [9.17, 15) is 22.7 Å². The van der Waals surface area contributed by atoms with Gasteiger partial charge in [-0.3, -0.25) is 4.79 Å². The summed E-state index contributed by atoms with van der Waals surface area (Å²) in [4.78, 5) is 13.8. The first kappa shape index (κ1) is 26.4. The first-order chi connectivity index (χ1) is 17.1. The lowest BCUT2D eigenvalue weighted by atomic mass is 9.92. The van der Waals surface area contributed by atoms with Crippen LogP contribution in [0.15, 0.2) is 82.6 Å². The highest BCUT2D eigenvalue weighted by molar-refractivity contribution is 8.00. The molecular weight excluding hydrogens is 497 g/mol. The van der Waals surface area contributed by atoms with Crippen LogP contribution in [-0.4, -0.2) is 35.1 Å². The first-order valence-corrected chi connectivity index (χ1v) is 14.3. The molecule has 5 nitrogen and oxygen atoms in total. The number of hydrogen-bond donors (Lipinski definition) is 1. The molecule has 8 heteroatoms. The summed E-state index contributed by atoms with van der Waals surface area (Å²) >= 11 is 1.38. The average Bonchev–Trinajstić information content (AvgIpc) is 3.16. The van der Waals surface area contributed by atoms with Crippen LogP contribution in [0.5, 0.6) is 0 Å². The number of carboxylic acid groups (broad SMARTS) is 1. The van der Waals surface area contributed by atoms with Crippen LogP contribution in [0.3, 0.4) is 0 Å². The Morgan fingerprint density at radius 2 is 1.61 bits per heavy atom. The zero-order chi connectivity index (χ0) is 26.0. The lowest BCUT2D eigenvalue weighted by Crippen LogP contribution is -2.40. The van der Waals surface area contributed by atoms with Gasteiger partial charge in [-0.25, -0.2) is 12.8 Å². The van der Waals surface area contributed by atoms with E-state index < -0.39 is 45.1 Å². The molecule has 1 aliphatic heterocycles. The monoisotopic (exact) mass is 527 g/mol. The van der Waals surface area contributed by atoms with Gasteiger partial charge in [0.05, 0.1) is 16.9 Å². The topological polar surface area (TPSA) is 74.7 Å². The molecule has 0 aliphatic carbocycles. The van der Waals surface area contributed by atoms with E-state index in [0.29, 0.717) is 18.4 Å². The highest BCUT2D eigenvalue weighted by Gasteiger charge is 2.57. The number of benzene rings is 3. The Kier molecular flexibility index (Phi) is 7.87. The summed E-state index contributed by atoms with van der Waals surface area (Å²) in [7, 11) is -4.10. The highest BCUT2D eigenvalue weighted by atomic mass is 32.2.